The number of anilines is 2. The second-order valence-electron chi connectivity index (χ2n) is 8.14. The van der Waals surface area contributed by atoms with Crippen LogP contribution in [0.1, 0.15) is 11.1 Å². The lowest BCUT2D eigenvalue weighted by atomic mass is 10.2. The predicted molar refractivity (Wildman–Crippen MR) is 138 cm³/mol. The Hall–Kier alpha value is -4.44. The Balaban J connectivity index is 1.33. The van der Waals surface area contributed by atoms with Crippen LogP contribution in [-0.4, -0.2) is 28.2 Å². The molecule has 0 unspecified atom stereocenters. The van der Waals surface area contributed by atoms with Gasteiger partial charge in [0, 0.05) is 19.8 Å². The van der Waals surface area contributed by atoms with E-state index in [9.17, 15) is 8.42 Å². The molecule has 0 spiro atoms. The van der Waals surface area contributed by atoms with E-state index in [1.54, 1.807) is 13.1 Å². The molecule has 0 amide bonds. The lowest BCUT2D eigenvalue weighted by molar-refractivity contribution is 0.306. The molecule has 0 atom stereocenters. The van der Waals surface area contributed by atoms with Crippen LogP contribution in [0.3, 0.4) is 0 Å². The van der Waals surface area contributed by atoms with E-state index in [2.05, 4.69) is 25.1 Å². The third kappa shape index (κ3) is 5.44. The van der Waals surface area contributed by atoms with Crippen LogP contribution in [0.5, 0.6) is 5.75 Å². The molecule has 0 radical (unpaired) electrons. The zero-order valence-corrected chi connectivity index (χ0v) is 20.3. The normalized spacial score (nSPS) is 11.4. The summed E-state index contributed by atoms with van der Waals surface area (Å²) in [6.45, 7) is 0.902. The molecule has 10 heteroatoms. The minimum Gasteiger partial charge on any atom is -0.489 e. The van der Waals surface area contributed by atoms with Crippen LogP contribution >= 0.6 is 0 Å². The first-order valence-corrected chi connectivity index (χ1v) is 12.7. The van der Waals surface area contributed by atoms with Gasteiger partial charge >= 0.3 is 0 Å². The van der Waals surface area contributed by atoms with Gasteiger partial charge < -0.3 is 10.1 Å². The van der Waals surface area contributed by atoms with Crippen molar-refractivity contribution in [3.8, 4) is 5.75 Å². The standard InChI is InChI=1S/C26H24N6O3S/c1-32-17-22(16-28-32)36(33,34)31-26-25(29-23-9-5-6-10-24(23)30-26)27-15-19-11-13-21(14-12-19)35-18-20-7-3-2-4-8-20/h2-14,16-17H,15,18H2,1H3,(H,27,29)(H,30,31). The van der Waals surface area contributed by atoms with Crippen molar-refractivity contribution in [3.05, 3.63) is 102 Å². The lowest BCUT2D eigenvalue weighted by Crippen LogP contribution is -2.16. The molecule has 0 bridgehead atoms. The van der Waals surface area contributed by atoms with Crippen molar-refractivity contribution >= 4 is 32.7 Å². The van der Waals surface area contributed by atoms with E-state index < -0.39 is 10.0 Å². The first-order valence-electron chi connectivity index (χ1n) is 11.2. The molecule has 5 aromatic rings. The van der Waals surface area contributed by atoms with Crippen LogP contribution in [0.15, 0.2) is 96.2 Å². The van der Waals surface area contributed by atoms with Gasteiger partial charge in [-0.15, -0.1) is 0 Å². The van der Waals surface area contributed by atoms with Crippen LogP contribution in [0.2, 0.25) is 0 Å². The number of para-hydroxylation sites is 2. The number of sulfonamides is 1. The van der Waals surface area contributed by atoms with Gasteiger partial charge in [0.2, 0.25) is 0 Å². The highest BCUT2D eigenvalue weighted by Gasteiger charge is 2.20. The van der Waals surface area contributed by atoms with Crippen molar-refractivity contribution in [2.24, 2.45) is 7.05 Å². The summed E-state index contributed by atoms with van der Waals surface area (Å²) in [5.41, 5.74) is 3.29. The summed E-state index contributed by atoms with van der Waals surface area (Å²) in [5, 5.41) is 7.16. The third-order valence-electron chi connectivity index (χ3n) is 5.42. The highest BCUT2D eigenvalue weighted by Crippen LogP contribution is 2.25. The van der Waals surface area contributed by atoms with Crippen molar-refractivity contribution < 1.29 is 13.2 Å². The van der Waals surface area contributed by atoms with Gasteiger partial charge in [-0.3, -0.25) is 9.40 Å². The highest BCUT2D eigenvalue weighted by molar-refractivity contribution is 7.92. The minimum absolute atomic E-state index is 0.0389. The van der Waals surface area contributed by atoms with Gasteiger partial charge in [0.15, 0.2) is 11.6 Å². The topological polar surface area (TPSA) is 111 Å². The molecule has 0 saturated heterocycles. The molecule has 3 aromatic carbocycles. The first kappa shape index (κ1) is 23.3. The molecule has 2 aromatic heterocycles. The number of nitrogens with zero attached hydrogens (tertiary/aromatic N) is 4. The van der Waals surface area contributed by atoms with E-state index in [0.717, 1.165) is 16.9 Å². The molecule has 2 N–H and O–H groups in total. The van der Waals surface area contributed by atoms with Gasteiger partial charge in [-0.25, -0.2) is 18.4 Å². The zero-order chi connectivity index (χ0) is 25.0. The number of benzene rings is 3. The number of aromatic nitrogens is 4. The van der Waals surface area contributed by atoms with Crippen LogP contribution in [0.25, 0.3) is 11.0 Å². The highest BCUT2D eigenvalue weighted by atomic mass is 32.2. The Morgan fingerprint density at radius 2 is 1.50 bits per heavy atom. The quantitative estimate of drug-likeness (QED) is 0.309. The van der Waals surface area contributed by atoms with Gasteiger partial charge in [0.1, 0.15) is 17.3 Å². The average Bonchev–Trinajstić information content (AvgIpc) is 3.34. The van der Waals surface area contributed by atoms with E-state index in [1.165, 1.54) is 17.1 Å². The Kier molecular flexibility index (Phi) is 6.50. The fraction of sp³-hybridized carbons (Fsp3) is 0.115. The zero-order valence-electron chi connectivity index (χ0n) is 19.5. The van der Waals surface area contributed by atoms with E-state index in [1.807, 2.05) is 72.8 Å². The largest absolute Gasteiger partial charge is 0.489 e. The smallest absolute Gasteiger partial charge is 0.266 e. The fourth-order valence-corrected chi connectivity index (χ4v) is 4.54. The Labute approximate surface area is 208 Å². The van der Waals surface area contributed by atoms with Gasteiger partial charge in [-0.05, 0) is 35.4 Å². The van der Waals surface area contributed by atoms with Crippen molar-refractivity contribution in [1.29, 1.82) is 0 Å². The maximum atomic E-state index is 12.9. The van der Waals surface area contributed by atoms with Crippen molar-refractivity contribution in [2.75, 3.05) is 10.0 Å². The molecular formula is C26H24N6O3S. The third-order valence-corrected chi connectivity index (χ3v) is 6.72. The van der Waals surface area contributed by atoms with Crippen molar-refractivity contribution in [2.45, 2.75) is 18.0 Å². The molecule has 9 nitrogen and oxygen atoms in total. The molecule has 36 heavy (non-hydrogen) atoms. The molecule has 0 fully saturated rings. The molecule has 0 saturated carbocycles. The Morgan fingerprint density at radius 3 is 2.17 bits per heavy atom. The summed E-state index contributed by atoms with van der Waals surface area (Å²) in [6, 6.07) is 24.9. The maximum Gasteiger partial charge on any atom is 0.266 e. The number of ether oxygens (including phenoxy) is 1. The molecule has 5 rings (SSSR count). The van der Waals surface area contributed by atoms with Crippen LogP contribution in [0.4, 0.5) is 11.6 Å². The monoisotopic (exact) mass is 500 g/mol. The first-order chi connectivity index (χ1) is 17.5. The summed E-state index contributed by atoms with van der Waals surface area (Å²) >= 11 is 0. The lowest BCUT2D eigenvalue weighted by Gasteiger charge is -2.13. The van der Waals surface area contributed by atoms with E-state index in [4.69, 9.17) is 4.74 Å². The molecule has 182 valence electrons. The van der Waals surface area contributed by atoms with E-state index in [0.29, 0.717) is 30.0 Å². The van der Waals surface area contributed by atoms with E-state index in [-0.39, 0.29) is 10.7 Å². The minimum atomic E-state index is -3.89. The molecule has 0 aliphatic rings. The maximum absolute atomic E-state index is 12.9. The number of hydrogen-bond acceptors (Lipinski definition) is 7. The predicted octanol–water partition coefficient (Wildman–Crippen LogP) is 4.36. The summed E-state index contributed by atoms with van der Waals surface area (Å²) in [6.07, 6.45) is 2.71. The summed E-state index contributed by atoms with van der Waals surface area (Å²) in [5.74, 6) is 1.20. The molecule has 0 aliphatic heterocycles. The van der Waals surface area contributed by atoms with Gasteiger partial charge in [-0.2, -0.15) is 5.10 Å². The van der Waals surface area contributed by atoms with Gasteiger partial charge in [0.05, 0.1) is 17.2 Å². The van der Waals surface area contributed by atoms with Crippen molar-refractivity contribution in [3.63, 3.8) is 0 Å². The van der Waals surface area contributed by atoms with Gasteiger partial charge in [0.25, 0.3) is 10.0 Å². The van der Waals surface area contributed by atoms with E-state index >= 15 is 0 Å². The van der Waals surface area contributed by atoms with Crippen LogP contribution in [0, 0.1) is 0 Å². The van der Waals surface area contributed by atoms with Gasteiger partial charge in [-0.1, -0.05) is 54.6 Å². The Bertz CT molecular complexity index is 1590. The van der Waals surface area contributed by atoms with Crippen LogP contribution < -0.4 is 14.8 Å². The second kappa shape index (κ2) is 10.0. The Morgan fingerprint density at radius 1 is 0.833 bits per heavy atom. The molecule has 2 heterocycles. The summed E-state index contributed by atoms with van der Waals surface area (Å²) in [4.78, 5) is 9.16. The fourth-order valence-electron chi connectivity index (χ4n) is 3.55. The number of nitrogens with one attached hydrogen (secondary N) is 2. The SMILES string of the molecule is Cn1cc(S(=O)(=O)Nc2nc3ccccc3nc2NCc2ccc(OCc3ccccc3)cc2)cn1. The number of hydrogen-bond donors (Lipinski definition) is 2. The number of aryl methyl sites for hydroxylation is 1. The van der Waals surface area contributed by atoms with Crippen molar-refractivity contribution in [1.82, 2.24) is 19.7 Å². The van der Waals surface area contributed by atoms with Crippen LogP contribution in [-0.2, 0) is 30.2 Å². The second-order valence-corrected chi connectivity index (χ2v) is 9.82. The number of fused-ring (bicyclic) bond motifs is 1. The number of rotatable bonds is 9. The average molecular weight is 501 g/mol. The molecular weight excluding hydrogens is 476 g/mol. The summed E-state index contributed by atoms with van der Waals surface area (Å²) in [7, 11) is -2.24. The summed E-state index contributed by atoms with van der Waals surface area (Å²) < 4.78 is 35.6. The molecule has 0 aliphatic carbocycles.